The number of aryl methyl sites for hydroxylation is 1. The van der Waals surface area contributed by atoms with Crippen molar-refractivity contribution >= 4 is 6.03 Å². The van der Waals surface area contributed by atoms with Gasteiger partial charge in [-0.2, -0.15) is 0 Å². The van der Waals surface area contributed by atoms with Gasteiger partial charge in [-0.1, -0.05) is 36.4 Å². The third-order valence-corrected chi connectivity index (χ3v) is 5.28. The lowest BCUT2D eigenvalue weighted by atomic mass is 9.96. The van der Waals surface area contributed by atoms with E-state index in [1.807, 2.05) is 0 Å². The van der Waals surface area contributed by atoms with Gasteiger partial charge in [-0.15, -0.1) is 0 Å². The summed E-state index contributed by atoms with van der Waals surface area (Å²) in [6, 6.07) is 14.5. The van der Waals surface area contributed by atoms with Gasteiger partial charge in [-0.25, -0.2) is 9.18 Å². The van der Waals surface area contributed by atoms with Crippen molar-refractivity contribution in [3.05, 3.63) is 71.0 Å². The number of carbonyl (C=O) groups excluding carboxylic acids is 1. The molecule has 0 aliphatic carbocycles. The van der Waals surface area contributed by atoms with Crippen molar-refractivity contribution in [1.29, 1.82) is 0 Å². The van der Waals surface area contributed by atoms with Crippen molar-refractivity contribution in [2.75, 3.05) is 19.6 Å². The number of carbonyl (C=O) groups is 1. The smallest absolute Gasteiger partial charge is 0.315 e. The number of hydrogen-bond donors (Lipinski definition) is 2. The fourth-order valence-electron chi connectivity index (χ4n) is 3.46. The van der Waals surface area contributed by atoms with E-state index in [-0.39, 0.29) is 11.8 Å². The summed E-state index contributed by atoms with van der Waals surface area (Å²) in [5.41, 5.74) is 3.63. The van der Waals surface area contributed by atoms with Crippen LogP contribution in [0.5, 0.6) is 0 Å². The van der Waals surface area contributed by atoms with Crippen molar-refractivity contribution in [1.82, 2.24) is 15.5 Å². The first-order chi connectivity index (χ1) is 13.1. The number of rotatable bonds is 6. The molecule has 0 bridgehead atoms. The Morgan fingerprint density at radius 1 is 1.07 bits per heavy atom. The molecule has 0 saturated carbocycles. The zero-order valence-corrected chi connectivity index (χ0v) is 15.9. The summed E-state index contributed by atoms with van der Waals surface area (Å²) in [5, 5.41) is 5.79. The summed E-state index contributed by atoms with van der Waals surface area (Å²) < 4.78 is 12.9. The van der Waals surface area contributed by atoms with Crippen molar-refractivity contribution in [3.63, 3.8) is 0 Å². The molecule has 1 aliphatic rings. The van der Waals surface area contributed by atoms with Gasteiger partial charge in [0.15, 0.2) is 0 Å². The van der Waals surface area contributed by atoms with Crippen LogP contribution in [-0.4, -0.2) is 30.6 Å². The number of urea groups is 1. The number of nitrogens with one attached hydrogen (secondary N) is 2. The maximum absolute atomic E-state index is 12.9. The Hall–Kier alpha value is -2.40. The number of nitrogens with zero attached hydrogens (tertiary/aromatic N) is 1. The normalized spacial score (nSPS) is 15.5. The highest BCUT2D eigenvalue weighted by molar-refractivity contribution is 5.73. The lowest BCUT2D eigenvalue weighted by Crippen LogP contribution is -2.41. The van der Waals surface area contributed by atoms with E-state index in [0.29, 0.717) is 19.0 Å². The third kappa shape index (κ3) is 6.07. The Labute approximate surface area is 160 Å². The molecule has 1 saturated heterocycles. The highest BCUT2D eigenvalue weighted by Crippen LogP contribution is 2.19. The first-order valence-corrected chi connectivity index (χ1v) is 9.63. The van der Waals surface area contributed by atoms with Crippen molar-refractivity contribution < 1.29 is 9.18 Å². The summed E-state index contributed by atoms with van der Waals surface area (Å²) in [7, 11) is 0. The van der Waals surface area contributed by atoms with Gasteiger partial charge in [-0.05, 0) is 67.6 Å². The topological polar surface area (TPSA) is 44.4 Å². The Balaban J connectivity index is 1.33. The van der Waals surface area contributed by atoms with Gasteiger partial charge in [0.25, 0.3) is 0 Å². The van der Waals surface area contributed by atoms with Gasteiger partial charge in [0.05, 0.1) is 0 Å². The molecule has 0 unspecified atom stereocenters. The van der Waals surface area contributed by atoms with Crippen LogP contribution in [0.3, 0.4) is 0 Å². The lowest BCUT2D eigenvalue weighted by Gasteiger charge is -2.32. The quantitative estimate of drug-likeness (QED) is 0.812. The van der Waals surface area contributed by atoms with Gasteiger partial charge in [0.2, 0.25) is 0 Å². The van der Waals surface area contributed by atoms with Crippen LogP contribution < -0.4 is 10.6 Å². The summed E-state index contributed by atoms with van der Waals surface area (Å²) in [6.45, 7) is 6.41. The van der Waals surface area contributed by atoms with Crippen LogP contribution in [-0.2, 0) is 13.1 Å². The second-order valence-electron chi connectivity index (χ2n) is 7.34. The second kappa shape index (κ2) is 9.51. The van der Waals surface area contributed by atoms with Gasteiger partial charge in [0.1, 0.15) is 5.82 Å². The average Bonchev–Trinajstić information content (AvgIpc) is 2.69. The van der Waals surface area contributed by atoms with E-state index >= 15 is 0 Å². The molecular formula is C22H28FN3O. The average molecular weight is 369 g/mol. The van der Waals surface area contributed by atoms with Crippen molar-refractivity contribution in [2.24, 2.45) is 5.92 Å². The summed E-state index contributed by atoms with van der Waals surface area (Å²) in [4.78, 5) is 14.5. The zero-order valence-electron chi connectivity index (χ0n) is 15.9. The Morgan fingerprint density at radius 2 is 1.78 bits per heavy atom. The molecule has 3 rings (SSSR count). The molecule has 2 aromatic rings. The van der Waals surface area contributed by atoms with Crippen LogP contribution in [0.2, 0.25) is 0 Å². The predicted octanol–water partition coefficient (Wildman–Crippen LogP) is 3.85. The van der Waals surface area contributed by atoms with Gasteiger partial charge in [-0.3, -0.25) is 4.90 Å². The zero-order chi connectivity index (χ0) is 19.1. The molecule has 2 aromatic carbocycles. The SMILES string of the molecule is Cc1ccccc1CN1CCC(CNC(=O)NCc2ccc(F)cc2)CC1. The second-order valence-corrected chi connectivity index (χ2v) is 7.34. The molecule has 27 heavy (non-hydrogen) atoms. The molecule has 2 N–H and O–H groups in total. The van der Waals surface area contributed by atoms with Crippen LogP contribution in [0.1, 0.15) is 29.5 Å². The van der Waals surface area contributed by atoms with Gasteiger partial charge < -0.3 is 10.6 Å². The van der Waals surface area contributed by atoms with Crippen LogP contribution in [0.4, 0.5) is 9.18 Å². The monoisotopic (exact) mass is 369 g/mol. The van der Waals surface area contributed by atoms with E-state index in [1.165, 1.54) is 23.3 Å². The minimum Gasteiger partial charge on any atom is -0.338 e. The van der Waals surface area contributed by atoms with Crippen molar-refractivity contribution in [3.8, 4) is 0 Å². The maximum Gasteiger partial charge on any atom is 0.315 e. The molecule has 0 atom stereocenters. The minimum absolute atomic E-state index is 0.165. The number of halogens is 1. The van der Waals surface area contributed by atoms with Crippen LogP contribution in [0.15, 0.2) is 48.5 Å². The molecule has 1 aliphatic heterocycles. The standard InChI is InChI=1S/C22H28FN3O/c1-17-4-2-3-5-20(17)16-26-12-10-19(11-13-26)15-25-22(27)24-14-18-6-8-21(23)9-7-18/h2-9,19H,10-16H2,1H3,(H2,24,25,27). The largest absolute Gasteiger partial charge is 0.338 e. The first kappa shape index (κ1) is 19.4. The fourth-order valence-corrected chi connectivity index (χ4v) is 3.46. The van der Waals surface area contributed by atoms with E-state index in [9.17, 15) is 9.18 Å². The fraction of sp³-hybridized carbons (Fsp3) is 0.409. The number of likely N-dealkylation sites (tertiary alicyclic amines) is 1. The summed E-state index contributed by atoms with van der Waals surface area (Å²) in [5.74, 6) is 0.256. The third-order valence-electron chi connectivity index (χ3n) is 5.28. The molecule has 5 heteroatoms. The number of amides is 2. The Bertz CT molecular complexity index is 739. The molecule has 0 aromatic heterocycles. The minimum atomic E-state index is -0.267. The number of benzene rings is 2. The lowest BCUT2D eigenvalue weighted by molar-refractivity contribution is 0.174. The predicted molar refractivity (Wildman–Crippen MR) is 106 cm³/mol. The Morgan fingerprint density at radius 3 is 2.48 bits per heavy atom. The van der Waals surface area contributed by atoms with E-state index < -0.39 is 0 Å². The maximum atomic E-state index is 12.9. The van der Waals surface area contributed by atoms with E-state index in [4.69, 9.17) is 0 Å². The molecular weight excluding hydrogens is 341 g/mol. The molecule has 0 spiro atoms. The van der Waals surface area contributed by atoms with Crippen LogP contribution in [0.25, 0.3) is 0 Å². The molecule has 144 valence electrons. The van der Waals surface area contributed by atoms with Crippen LogP contribution >= 0.6 is 0 Å². The first-order valence-electron chi connectivity index (χ1n) is 9.63. The number of piperidine rings is 1. The highest BCUT2D eigenvalue weighted by atomic mass is 19.1. The van der Waals surface area contributed by atoms with E-state index in [0.717, 1.165) is 38.0 Å². The van der Waals surface area contributed by atoms with E-state index in [2.05, 4.69) is 46.7 Å². The van der Waals surface area contributed by atoms with Crippen molar-refractivity contribution in [2.45, 2.75) is 32.9 Å². The molecule has 2 amide bonds. The van der Waals surface area contributed by atoms with Gasteiger partial charge >= 0.3 is 6.03 Å². The Kier molecular flexibility index (Phi) is 6.82. The van der Waals surface area contributed by atoms with Crippen LogP contribution in [0, 0.1) is 18.7 Å². The summed E-state index contributed by atoms with van der Waals surface area (Å²) >= 11 is 0. The summed E-state index contributed by atoms with van der Waals surface area (Å²) in [6.07, 6.45) is 2.20. The van der Waals surface area contributed by atoms with Gasteiger partial charge in [0, 0.05) is 19.6 Å². The molecule has 4 nitrogen and oxygen atoms in total. The molecule has 0 radical (unpaired) electrons. The highest BCUT2D eigenvalue weighted by Gasteiger charge is 2.20. The number of hydrogen-bond acceptors (Lipinski definition) is 2. The molecule has 1 heterocycles. The van der Waals surface area contributed by atoms with E-state index in [1.54, 1.807) is 12.1 Å². The molecule has 1 fully saturated rings.